The van der Waals surface area contributed by atoms with Gasteiger partial charge in [0.2, 0.25) is 11.9 Å². The van der Waals surface area contributed by atoms with E-state index >= 15 is 0 Å². The summed E-state index contributed by atoms with van der Waals surface area (Å²) < 4.78 is 1.81. The quantitative estimate of drug-likeness (QED) is 0.464. The SMILES string of the molecule is O=C(CCc1ccccc1)Nc1nc2n(n1)C(c1ccccc1)C=C(c1ccccc1)N2. The second-order valence-electron chi connectivity index (χ2n) is 7.66. The monoisotopic (exact) mass is 421 g/mol. The van der Waals surface area contributed by atoms with Gasteiger partial charge in [-0.25, -0.2) is 4.68 Å². The third-order valence-electron chi connectivity index (χ3n) is 5.43. The normalized spacial score (nSPS) is 14.8. The highest BCUT2D eigenvalue weighted by molar-refractivity contribution is 5.89. The van der Waals surface area contributed by atoms with Crippen LogP contribution in [0.2, 0.25) is 0 Å². The van der Waals surface area contributed by atoms with E-state index in [-0.39, 0.29) is 11.9 Å². The fourth-order valence-electron chi connectivity index (χ4n) is 3.81. The van der Waals surface area contributed by atoms with Gasteiger partial charge in [0.25, 0.3) is 5.95 Å². The van der Waals surface area contributed by atoms with Crippen molar-refractivity contribution in [1.29, 1.82) is 0 Å². The zero-order valence-corrected chi connectivity index (χ0v) is 17.5. The molecule has 1 amide bonds. The zero-order valence-electron chi connectivity index (χ0n) is 17.5. The molecule has 2 N–H and O–H groups in total. The van der Waals surface area contributed by atoms with Crippen LogP contribution in [0.4, 0.5) is 11.9 Å². The molecule has 0 saturated heterocycles. The van der Waals surface area contributed by atoms with Crippen molar-refractivity contribution in [2.24, 2.45) is 0 Å². The summed E-state index contributed by atoms with van der Waals surface area (Å²) in [5.41, 5.74) is 4.25. The number of hydrogen-bond acceptors (Lipinski definition) is 4. The number of amides is 1. The Morgan fingerprint density at radius 3 is 2.28 bits per heavy atom. The molecule has 0 aliphatic carbocycles. The number of hydrogen-bond donors (Lipinski definition) is 2. The predicted molar refractivity (Wildman–Crippen MR) is 126 cm³/mol. The predicted octanol–water partition coefficient (Wildman–Crippen LogP) is 4.91. The highest BCUT2D eigenvalue weighted by atomic mass is 16.1. The van der Waals surface area contributed by atoms with E-state index < -0.39 is 0 Å². The number of rotatable bonds is 6. The third-order valence-corrected chi connectivity index (χ3v) is 5.43. The van der Waals surface area contributed by atoms with Crippen LogP contribution in [0.25, 0.3) is 5.70 Å². The van der Waals surface area contributed by atoms with Gasteiger partial charge < -0.3 is 5.32 Å². The van der Waals surface area contributed by atoms with Crippen molar-refractivity contribution in [2.45, 2.75) is 18.9 Å². The summed E-state index contributed by atoms with van der Waals surface area (Å²) in [4.78, 5) is 17.1. The van der Waals surface area contributed by atoms with Gasteiger partial charge in [-0.2, -0.15) is 4.98 Å². The molecule has 0 saturated carbocycles. The van der Waals surface area contributed by atoms with Crippen LogP contribution in [0.5, 0.6) is 0 Å². The molecule has 3 aromatic carbocycles. The van der Waals surface area contributed by atoms with Gasteiger partial charge in [-0.1, -0.05) is 91.0 Å². The number of allylic oxidation sites excluding steroid dienone is 1. The van der Waals surface area contributed by atoms with E-state index in [0.717, 1.165) is 22.4 Å². The maximum Gasteiger partial charge on any atom is 0.250 e. The van der Waals surface area contributed by atoms with Gasteiger partial charge in [0.05, 0.1) is 0 Å². The van der Waals surface area contributed by atoms with Gasteiger partial charge in [-0.05, 0) is 29.2 Å². The Balaban J connectivity index is 1.38. The number of aromatic nitrogens is 3. The summed E-state index contributed by atoms with van der Waals surface area (Å²) >= 11 is 0. The van der Waals surface area contributed by atoms with E-state index in [2.05, 4.69) is 51.1 Å². The van der Waals surface area contributed by atoms with Crippen LogP contribution >= 0.6 is 0 Å². The Hall–Kier alpha value is -4.19. The number of benzene rings is 3. The summed E-state index contributed by atoms with van der Waals surface area (Å²) in [7, 11) is 0. The lowest BCUT2D eigenvalue weighted by Crippen LogP contribution is -2.20. The highest BCUT2D eigenvalue weighted by Crippen LogP contribution is 2.33. The fraction of sp³-hybridized carbons (Fsp3) is 0.115. The third kappa shape index (κ3) is 4.30. The number of aryl methyl sites for hydroxylation is 1. The van der Waals surface area contributed by atoms with Crippen molar-refractivity contribution in [3.8, 4) is 0 Å². The van der Waals surface area contributed by atoms with Crippen LogP contribution in [0.1, 0.15) is 29.2 Å². The molecule has 5 rings (SSSR count). The molecule has 0 spiro atoms. The molecule has 2 heterocycles. The first kappa shape index (κ1) is 19.8. The topological polar surface area (TPSA) is 71.8 Å². The van der Waals surface area contributed by atoms with E-state index in [4.69, 9.17) is 0 Å². The van der Waals surface area contributed by atoms with Crippen molar-refractivity contribution in [1.82, 2.24) is 14.8 Å². The molecule has 1 aliphatic rings. The molecule has 4 aromatic rings. The Bertz CT molecular complexity index is 1230. The molecule has 1 atom stereocenters. The van der Waals surface area contributed by atoms with Crippen LogP contribution in [-0.2, 0) is 11.2 Å². The lowest BCUT2D eigenvalue weighted by molar-refractivity contribution is -0.116. The first-order valence-corrected chi connectivity index (χ1v) is 10.7. The molecule has 32 heavy (non-hydrogen) atoms. The van der Waals surface area contributed by atoms with E-state index in [9.17, 15) is 4.79 Å². The fourth-order valence-corrected chi connectivity index (χ4v) is 3.81. The van der Waals surface area contributed by atoms with Crippen LogP contribution in [-0.4, -0.2) is 20.7 Å². The zero-order chi connectivity index (χ0) is 21.8. The summed E-state index contributed by atoms with van der Waals surface area (Å²) in [6, 6.07) is 30.1. The molecule has 1 aromatic heterocycles. The molecule has 6 nitrogen and oxygen atoms in total. The average Bonchev–Trinajstić information content (AvgIpc) is 3.26. The molecular weight excluding hydrogens is 398 g/mol. The van der Waals surface area contributed by atoms with E-state index in [1.54, 1.807) is 0 Å². The lowest BCUT2D eigenvalue weighted by atomic mass is 10.0. The summed E-state index contributed by atoms with van der Waals surface area (Å²) in [6.45, 7) is 0. The molecule has 1 aliphatic heterocycles. The second kappa shape index (κ2) is 8.89. The first-order valence-electron chi connectivity index (χ1n) is 10.7. The van der Waals surface area contributed by atoms with Gasteiger partial charge >= 0.3 is 0 Å². The highest BCUT2D eigenvalue weighted by Gasteiger charge is 2.25. The van der Waals surface area contributed by atoms with Crippen molar-refractivity contribution in [3.63, 3.8) is 0 Å². The van der Waals surface area contributed by atoms with Crippen LogP contribution in [0, 0.1) is 0 Å². The number of nitrogens with one attached hydrogen (secondary N) is 2. The van der Waals surface area contributed by atoms with Crippen molar-refractivity contribution in [2.75, 3.05) is 10.6 Å². The van der Waals surface area contributed by atoms with Gasteiger partial charge in [-0.3, -0.25) is 10.1 Å². The summed E-state index contributed by atoms with van der Waals surface area (Å²) in [5.74, 6) is 0.789. The molecule has 0 fully saturated rings. The maximum absolute atomic E-state index is 12.5. The molecule has 0 bridgehead atoms. The van der Waals surface area contributed by atoms with E-state index in [0.29, 0.717) is 24.7 Å². The molecule has 0 radical (unpaired) electrons. The van der Waals surface area contributed by atoms with Gasteiger partial charge in [-0.15, -0.1) is 5.10 Å². The minimum absolute atomic E-state index is 0.107. The molecule has 1 unspecified atom stereocenters. The van der Waals surface area contributed by atoms with Crippen LogP contribution in [0.15, 0.2) is 97.1 Å². The maximum atomic E-state index is 12.5. The lowest BCUT2D eigenvalue weighted by Gasteiger charge is -2.24. The Labute approximate surface area is 186 Å². The van der Waals surface area contributed by atoms with Crippen molar-refractivity contribution >= 4 is 23.5 Å². The summed E-state index contributed by atoms with van der Waals surface area (Å²) in [6.07, 6.45) is 3.18. The number of carbonyl (C=O) groups excluding carboxylic acids is 1. The molecule has 158 valence electrons. The Kier molecular flexibility index (Phi) is 5.49. The van der Waals surface area contributed by atoms with E-state index in [1.807, 2.05) is 71.4 Å². The minimum atomic E-state index is -0.134. The van der Waals surface area contributed by atoms with Crippen molar-refractivity contribution < 1.29 is 4.79 Å². The molecular formula is C26H23N5O. The van der Waals surface area contributed by atoms with Gasteiger partial charge in [0.15, 0.2) is 0 Å². The van der Waals surface area contributed by atoms with Crippen LogP contribution < -0.4 is 10.6 Å². The minimum Gasteiger partial charge on any atom is -0.324 e. The smallest absolute Gasteiger partial charge is 0.250 e. The first-order chi connectivity index (χ1) is 15.8. The van der Waals surface area contributed by atoms with Crippen molar-refractivity contribution in [3.05, 3.63) is 114 Å². The Morgan fingerprint density at radius 1 is 0.906 bits per heavy atom. The summed E-state index contributed by atoms with van der Waals surface area (Å²) in [5, 5.41) is 10.8. The number of carbonyl (C=O) groups is 1. The Morgan fingerprint density at radius 2 is 1.56 bits per heavy atom. The average molecular weight is 422 g/mol. The number of nitrogens with zero attached hydrogens (tertiary/aromatic N) is 3. The second-order valence-corrected chi connectivity index (χ2v) is 7.66. The van der Waals surface area contributed by atoms with E-state index in [1.165, 1.54) is 0 Å². The van der Waals surface area contributed by atoms with Crippen LogP contribution in [0.3, 0.4) is 0 Å². The number of fused-ring (bicyclic) bond motifs is 1. The standard InChI is InChI=1S/C26H23N5O/c32-24(17-16-19-10-4-1-5-11-19)28-25-29-26-27-22(20-12-6-2-7-13-20)18-23(31(26)30-25)21-14-8-3-9-15-21/h1-15,18,23H,16-17H2,(H2,27,28,29,30,32). The number of anilines is 2. The van der Waals surface area contributed by atoms with Gasteiger partial charge in [0, 0.05) is 12.1 Å². The largest absolute Gasteiger partial charge is 0.324 e. The molecule has 6 heteroatoms. The van der Waals surface area contributed by atoms with Gasteiger partial charge in [0.1, 0.15) is 6.04 Å².